The number of allylic oxidation sites excluding steroid dienone is 14. The van der Waals surface area contributed by atoms with E-state index in [0.717, 1.165) is 116 Å². The van der Waals surface area contributed by atoms with Crippen molar-refractivity contribution in [3.63, 3.8) is 0 Å². The number of hydrogen-bond donors (Lipinski definition) is 0. The maximum Gasteiger partial charge on any atom is 0.306 e. The van der Waals surface area contributed by atoms with Crippen molar-refractivity contribution in [1.29, 1.82) is 0 Å². The number of hydrogen-bond acceptors (Lipinski definition) is 6. The van der Waals surface area contributed by atoms with Crippen LogP contribution in [0.4, 0.5) is 0 Å². The molecule has 6 heteroatoms. The summed E-state index contributed by atoms with van der Waals surface area (Å²) in [5.41, 5.74) is 0. The third-order valence-electron chi connectivity index (χ3n) is 11.1. The van der Waals surface area contributed by atoms with Gasteiger partial charge in [0.2, 0.25) is 0 Å². The first-order valence-electron chi connectivity index (χ1n) is 26.6. The van der Waals surface area contributed by atoms with Crippen LogP contribution < -0.4 is 0 Å². The topological polar surface area (TPSA) is 78.9 Å². The van der Waals surface area contributed by atoms with Gasteiger partial charge in [-0.2, -0.15) is 0 Å². The van der Waals surface area contributed by atoms with E-state index in [1.54, 1.807) is 0 Å². The van der Waals surface area contributed by atoms with Crippen LogP contribution in [-0.4, -0.2) is 37.2 Å². The fourth-order valence-corrected chi connectivity index (χ4v) is 7.15. The summed E-state index contributed by atoms with van der Waals surface area (Å²) in [7, 11) is 0. The van der Waals surface area contributed by atoms with E-state index in [2.05, 4.69) is 106 Å². The van der Waals surface area contributed by atoms with Crippen molar-refractivity contribution in [3.05, 3.63) is 85.1 Å². The van der Waals surface area contributed by atoms with Crippen LogP contribution in [0.15, 0.2) is 85.1 Å². The van der Waals surface area contributed by atoms with Crippen LogP contribution >= 0.6 is 0 Å². The molecule has 0 N–H and O–H groups in total. The molecule has 0 aromatic rings. The number of rotatable bonds is 47. The minimum absolute atomic E-state index is 0.0901. The van der Waals surface area contributed by atoms with Crippen LogP contribution in [0.3, 0.4) is 0 Å². The van der Waals surface area contributed by atoms with Gasteiger partial charge < -0.3 is 14.2 Å². The minimum Gasteiger partial charge on any atom is -0.462 e. The number of carbonyl (C=O) groups excluding carboxylic acids is 3. The average molecular weight is 891 g/mol. The molecule has 0 aliphatic heterocycles. The Kier molecular flexibility index (Phi) is 49.4. The SMILES string of the molecule is CC/C=C\C/C=C\C/C=C\C/C=C\CCCCCCC(=O)OC(COC(=O)CCCCCCCC/C=C\C/C=C\C/C=C\CCCCC)COC(=O)CCCCCCCCCCCC. The average Bonchev–Trinajstić information content (AvgIpc) is 3.29. The molecule has 0 bridgehead atoms. The van der Waals surface area contributed by atoms with E-state index in [1.807, 2.05) is 0 Å². The molecular weight excluding hydrogens is 793 g/mol. The quantitative estimate of drug-likeness (QED) is 0.0262. The summed E-state index contributed by atoms with van der Waals surface area (Å²) in [6, 6.07) is 0. The van der Waals surface area contributed by atoms with Crippen LogP contribution in [-0.2, 0) is 28.6 Å². The van der Waals surface area contributed by atoms with Crippen molar-refractivity contribution in [1.82, 2.24) is 0 Å². The monoisotopic (exact) mass is 891 g/mol. The lowest BCUT2D eigenvalue weighted by molar-refractivity contribution is -0.167. The van der Waals surface area contributed by atoms with Gasteiger partial charge in [0, 0.05) is 19.3 Å². The Morgan fingerprint density at radius 2 is 0.609 bits per heavy atom. The molecule has 0 aliphatic carbocycles. The van der Waals surface area contributed by atoms with Gasteiger partial charge in [0.1, 0.15) is 13.2 Å². The van der Waals surface area contributed by atoms with Crippen molar-refractivity contribution in [2.24, 2.45) is 0 Å². The molecule has 0 radical (unpaired) electrons. The molecule has 1 unspecified atom stereocenters. The Hall–Kier alpha value is -3.41. The molecule has 0 rings (SSSR count). The highest BCUT2D eigenvalue weighted by Gasteiger charge is 2.19. The summed E-state index contributed by atoms with van der Waals surface area (Å²) in [6.45, 7) is 6.45. The molecule has 0 saturated carbocycles. The molecule has 366 valence electrons. The van der Waals surface area contributed by atoms with E-state index < -0.39 is 6.10 Å². The molecule has 0 fully saturated rings. The van der Waals surface area contributed by atoms with Gasteiger partial charge in [0.15, 0.2) is 6.10 Å². The molecule has 0 saturated heterocycles. The first-order chi connectivity index (χ1) is 31.5. The van der Waals surface area contributed by atoms with Gasteiger partial charge in [0.25, 0.3) is 0 Å². The predicted molar refractivity (Wildman–Crippen MR) is 274 cm³/mol. The smallest absolute Gasteiger partial charge is 0.306 e. The number of ether oxygens (including phenoxy) is 3. The van der Waals surface area contributed by atoms with Gasteiger partial charge in [-0.3, -0.25) is 14.4 Å². The normalized spacial score (nSPS) is 12.7. The zero-order chi connectivity index (χ0) is 46.5. The van der Waals surface area contributed by atoms with Crippen LogP contribution in [0, 0.1) is 0 Å². The Balaban J connectivity index is 4.41. The number of esters is 3. The fourth-order valence-electron chi connectivity index (χ4n) is 7.15. The zero-order valence-corrected chi connectivity index (χ0v) is 41.8. The minimum atomic E-state index is -0.793. The highest BCUT2D eigenvalue weighted by molar-refractivity contribution is 5.71. The van der Waals surface area contributed by atoms with Gasteiger partial charge in [-0.25, -0.2) is 0 Å². The lowest BCUT2D eigenvalue weighted by atomic mass is 10.1. The molecule has 0 aliphatic rings. The molecule has 1 atom stereocenters. The lowest BCUT2D eigenvalue weighted by Crippen LogP contribution is -2.30. The van der Waals surface area contributed by atoms with Crippen molar-refractivity contribution in [2.75, 3.05) is 13.2 Å². The largest absolute Gasteiger partial charge is 0.462 e. The zero-order valence-electron chi connectivity index (χ0n) is 41.8. The van der Waals surface area contributed by atoms with Gasteiger partial charge in [-0.1, -0.05) is 215 Å². The second-order valence-electron chi connectivity index (χ2n) is 17.4. The Labute approximate surface area is 395 Å². The van der Waals surface area contributed by atoms with E-state index in [-0.39, 0.29) is 31.1 Å². The molecule has 6 nitrogen and oxygen atoms in total. The summed E-state index contributed by atoms with van der Waals surface area (Å²) in [4.78, 5) is 38.0. The van der Waals surface area contributed by atoms with Crippen LogP contribution in [0.5, 0.6) is 0 Å². The molecular formula is C58H98O6. The predicted octanol–water partition coefficient (Wildman–Crippen LogP) is 17.6. The van der Waals surface area contributed by atoms with E-state index in [9.17, 15) is 14.4 Å². The summed E-state index contributed by atoms with van der Waals surface area (Å²) in [6.07, 6.45) is 67.1. The fraction of sp³-hybridized carbons (Fsp3) is 0.707. The maximum absolute atomic E-state index is 12.8. The second-order valence-corrected chi connectivity index (χ2v) is 17.4. The van der Waals surface area contributed by atoms with Crippen LogP contribution in [0.1, 0.15) is 245 Å². The third-order valence-corrected chi connectivity index (χ3v) is 11.1. The molecule has 0 aromatic carbocycles. The highest BCUT2D eigenvalue weighted by Crippen LogP contribution is 2.14. The molecule has 0 amide bonds. The van der Waals surface area contributed by atoms with E-state index in [1.165, 1.54) is 89.9 Å². The lowest BCUT2D eigenvalue weighted by Gasteiger charge is -2.18. The molecule has 0 aromatic heterocycles. The van der Waals surface area contributed by atoms with Gasteiger partial charge in [-0.15, -0.1) is 0 Å². The second kappa shape index (κ2) is 52.2. The van der Waals surface area contributed by atoms with Crippen LogP contribution in [0.25, 0.3) is 0 Å². The first kappa shape index (κ1) is 60.6. The first-order valence-corrected chi connectivity index (χ1v) is 26.6. The van der Waals surface area contributed by atoms with Crippen molar-refractivity contribution in [2.45, 2.75) is 252 Å². The number of carbonyl (C=O) groups is 3. The summed E-state index contributed by atoms with van der Waals surface area (Å²) in [5, 5.41) is 0. The summed E-state index contributed by atoms with van der Waals surface area (Å²) >= 11 is 0. The highest BCUT2D eigenvalue weighted by atomic mass is 16.6. The van der Waals surface area contributed by atoms with Crippen molar-refractivity contribution < 1.29 is 28.6 Å². The third kappa shape index (κ3) is 49.6. The van der Waals surface area contributed by atoms with Gasteiger partial charge in [-0.05, 0) is 96.3 Å². The Bertz CT molecular complexity index is 1250. The number of unbranched alkanes of at least 4 members (excludes halogenated alkanes) is 22. The van der Waals surface area contributed by atoms with E-state index in [0.29, 0.717) is 19.3 Å². The van der Waals surface area contributed by atoms with E-state index >= 15 is 0 Å². The Morgan fingerprint density at radius 1 is 0.328 bits per heavy atom. The Morgan fingerprint density at radius 3 is 0.984 bits per heavy atom. The molecule has 0 spiro atoms. The van der Waals surface area contributed by atoms with Gasteiger partial charge >= 0.3 is 17.9 Å². The standard InChI is InChI=1S/C58H98O6/c1-4-7-10-13-16-19-22-24-26-28-29-31-32-34-36-39-42-45-48-51-57(60)63-54-55(53-62-56(59)50-47-44-41-38-21-18-15-12-9-6-3)64-58(61)52-49-46-43-40-37-35-33-30-27-25-23-20-17-14-11-8-5-2/h8,11,16-17,19-20,24-27,29,31,33,35,55H,4-7,9-10,12-15,18,21-23,28,30,32,34,36-54H2,1-3H3/b11-8-,19-16-,20-17-,26-24-,27-25-,31-29-,35-33-. The van der Waals surface area contributed by atoms with Crippen LogP contribution in [0.2, 0.25) is 0 Å². The molecule has 64 heavy (non-hydrogen) atoms. The molecule has 0 heterocycles. The maximum atomic E-state index is 12.8. The van der Waals surface area contributed by atoms with Crippen molar-refractivity contribution in [3.8, 4) is 0 Å². The van der Waals surface area contributed by atoms with E-state index in [4.69, 9.17) is 14.2 Å². The van der Waals surface area contributed by atoms with Gasteiger partial charge in [0.05, 0.1) is 0 Å². The van der Waals surface area contributed by atoms with Crippen molar-refractivity contribution >= 4 is 17.9 Å². The summed E-state index contributed by atoms with van der Waals surface area (Å²) < 4.78 is 16.8. The summed E-state index contributed by atoms with van der Waals surface area (Å²) in [5.74, 6) is -0.928.